The van der Waals surface area contributed by atoms with Crippen LogP contribution in [0.2, 0.25) is 0 Å². The van der Waals surface area contributed by atoms with Gasteiger partial charge in [0, 0.05) is 24.6 Å². The first-order chi connectivity index (χ1) is 13.1. The fourth-order valence-corrected chi connectivity index (χ4v) is 5.99. The van der Waals surface area contributed by atoms with Crippen molar-refractivity contribution in [3.63, 3.8) is 0 Å². The number of benzene rings is 1. The van der Waals surface area contributed by atoms with E-state index < -0.39 is 5.41 Å². The van der Waals surface area contributed by atoms with Crippen molar-refractivity contribution in [2.45, 2.75) is 37.3 Å². The van der Waals surface area contributed by atoms with Crippen LogP contribution in [-0.4, -0.2) is 50.3 Å². The first-order valence-corrected chi connectivity index (χ1v) is 9.69. The number of anilines is 1. The second kappa shape index (κ2) is 5.97. The number of carbonyl (C=O) groups excluding carboxylic acids is 1. The molecule has 0 unspecified atom stereocenters. The Morgan fingerprint density at radius 2 is 2.22 bits per heavy atom. The van der Waals surface area contributed by atoms with Crippen molar-refractivity contribution in [2.24, 2.45) is 11.8 Å². The van der Waals surface area contributed by atoms with Crippen LogP contribution < -0.4 is 10.2 Å². The number of rotatable bonds is 4. The van der Waals surface area contributed by atoms with Crippen LogP contribution in [0.25, 0.3) is 0 Å². The predicted molar refractivity (Wildman–Crippen MR) is 101 cm³/mol. The number of nitrogens with zero attached hydrogens (tertiary/aromatic N) is 1. The molecule has 5 atom stereocenters. The second-order valence-corrected chi connectivity index (χ2v) is 8.09. The lowest BCUT2D eigenvalue weighted by molar-refractivity contribution is -0.154. The average Bonchev–Trinajstić information content (AvgIpc) is 2.83. The van der Waals surface area contributed by atoms with Gasteiger partial charge in [-0.05, 0) is 37.3 Å². The van der Waals surface area contributed by atoms with Gasteiger partial charge in [0.2, 0.25) is 5.91 Å². The van der Waals surface area contributed by atoms with Crippen LogP contribution in [0.1, 0.15) is 25.3 Å². The zero-order valence-corrected chi connectivity index (χ0v) is 16.0. The number of nitrogens with one attached hydrogen (secondary N) is 1. The molecule has 0 aromatic heterocycles. The van der Waals surface area contributed by atoms with Crippen LogP contribution >= 0.6 is 0 Å². The van der Waals surface area contributed by atoms with Gasteiger partial charge < -0.3 is 14.4 Å². The molecule has 1 aliphatic carbocycles. The Hall–Kier alpha value is -2.05. The molecule has 6 heteroatoms. The molecule has 1 N–H and O–H groups in total. The van der Waals surface area contributed by atoms with E-state index in [0.29, 0.717) is 11.8 Å². The molecular formula is C21H26N2O4. The largest absolute Gasteiger partial charge is 0.497 e. The van der Waals surface area contributed by atoms with Crippen LogP contribution in [0.4, 0.5) is 5.69 Å². The Morgan fingerprint density at radius 3 is 2.96 bits per heavy atom. The number of allylic oxidation sites excluding steroid dienone is 1. The van der Waals surface area contributed by atoms with E-state index in [4.69, 9.17) is 14.3 Å². The maximum absolute atomic E-state index is 13.8. The lowest BCUT2D eigenvalue weighted by Gasteiger charge is -2.50. The Morgan fingerprint density at radius 1 is 1.37 bits per heavy atom. The first-order valence-electron chi connectivity index (χ1n) is 9.69. The summed E-state index contributed by atoms with van der Waals surface area (Å²) in [5.74, 6) is 1.87. The van der Waals surface area contributed by atoms with Crippen molar-refractivity contribution in [3.8, 4) is 5.75 Å². The fourth-order valence-electron chi connectivity index (χ4n) is 5.99. The molecule has 5 bridgehead atoms. The van der Waals surface area contributed by atoms with E-state index in [-0.39, 0.29) is 18.1 Å². The molecule has 6 rings (SSSR count). The highest BCUT2D eigenvalue weighted by atomic mass is 16.6. The topological polar surface area (TPSA) is 60.0 Å². The number of hydrogen-bond donors (Lipinski definition) is 1. The summed E-state index contributed by atoms with van der Waals surface area (Å²) in [5, 5.41) is 0. The van der Waals surface area contributed by atoms with E-state index in [1.54, 1.807) is 14.2 Å². The second-order valence-electron chi connectivity index (χ2n) is 8.09. The van der Waals surface area contributed by atoms with E-state index in [1.165, 1.54) is 5.57 Å². The van der Waals surface area contributed by atoms with Gasteiger partial charge >= 0.3 is 0 Å². The van der Waals surface area contributed by atoms with Gasteiger partial charge in [-0.1, -0.05) is 17.7 Å². The molecule has 5 aliphatic rings. The number of amides is 1. The molecule has 0 radical (unpaired) electrons. The molecule has 1 aromatic rings. The van der Waals surface area contributed by atoms with Crippen molar-refractivity contribution in [1.82, 2.24) is 4.90 Å². The van der Waals surface area contributed by atoms with Crippen LogP contribution in [0.15, 0.2) is 29.8 Å². The summed E-state index contributed by atoms with van der Waals surface area (Å²) >= 11 is 0. The van der Waals surface area contributed by atoms with E-state index in [1.807, 2.05) is 18.2 Å². The maximum Gasteiger partial charge on any atom is 0.236 e. The molecular weight excluding hydrogens is 344 g/mol. The summed E-state index contributed by atoms with van der Waals surface area (Å²) in [6.45, 7) is 3.60. The van der Waals surface area contributed by atoms with Gasteiger partial charge in [0.05, 0.1) is 32.6 Å². The fraction of sp³-hybridized carbons (Fsp3) is 0.571. The quantitative estimate of drug-likeness (QED) is 0.652. The highest BCUT2D eigenvalue weighted by molar-refractivity contribution is 5.94. The lowest BCUT2D eigenvalue weighted by atomic mass is 9.69. The minimum absolute atomic E-state index is 0.109. The summed E-state index contributed by atoms with van der Waals surface area (Å²) in [4.78, 5) is 21.1. The highest BCUT2D eigenvalue weighted by Gasteiger charge is 2.67. The SMILES string of the molecule is C/C=C1\CN2C(=O)[C@]3(c4ccc(OC)cc4NOC)C[C@H]2[C@H]2CO[C@@H]3C[C@@H]12. The van der Waals surface area contributed by atoms with E-state index in [0.717, 1.165) is 43.0 Å². The molecule has 1 aromatic carbocycles. The van der Waals surface area contributed by atoms with Crippen molar-refractivity contribution in [3.05, 3.63) is 35.4 Å². The van der Waals surface area contributed by atoms with Crippen LogP contribution in [0.5, 0.6) is 5.75 Å². The smallest absolute Gasteiger partial charge is 0.236 e. The number of fused-ring (bicyclic) bond motifs is 1. The molecule has 5 fully saturated rings. The number of piperidine rings is 1. The standard InChI is InChI=1S/C21H26N2O4/c1-4-12-10-23-18-9-21(20(23)24,19-8-14(12)15(18)11-27-19)16-6-5-13(25-2)7-17(16)22-26-3/h4-7,14-15,18-19,22H,8-11H2,1-3H3/b12-4+/t14-,15-,18-,19+,21-/m0/s1. The molecule has 0 spiro atoms. The highest BCUT2D eigenvalue weighted by Crippen LogP contribution is 2.59. The Labute approximate surface area is 159 Å². The third-order valence-electron chi connectivity index (χ3n) is 7.21. The first kappa shape index (κ1) is 17.1. The Kier molecular flexibility index (Phi) is 3.78. The maximum atomic E-state index is 13.8. The van der Waals surface area contributed by atoms with Gasteiger partial charge in [0.1, 0.15) is 11.2 Å². The van der Waals surface area contributed by atoms with Crippen LogP contribution in [-0.2, 0) is 19.8 Å². The molecule has 4 heterocycles. The number of ether oxygens (including phenoxy) is 2. The third-order valence-corrected chi connectivity index (χ3v) is 7.21. The number of hydrogen-bond acceptors (Lipinski definition) is 5. The minimum Gasteiger partial charge on any atom is -0.497 e. The summed E-state index contributed by atoms with van der Waals surface area (Å²) in [5.41, 5.74) is 5.46. The number of methoxy groups -OCH3 is 1. The summed E-state index contributed by atoms with van der Waals surface area (Å²) < 4.78 is 11.7. The third kappa shape index (κ3) is 2.11. The molecule has 144 valence electrons. The van der Waals surface area contributed by atoms with Gasteiger partial charge in [0.25, 0.3) is 0 Å². The Balaban J connectivity index is 1.68. The van der Waals surface area contributed by atoms with Gasteiger partial charge in [0.15, 0.2) is 0 Å². The van der Waals surface area contributed by atoms with Crippen LogP contribution in [0.3, 0.4) is 0 Å². The van der Waals surface area contributed by atoms with Gasteiger partial charge in [-0.25, -0.2) is 0 Å². The van der Waals surface area contributed by atoms with Crippen molar-refractivity contribution < 1.29 is 19.1 Å². The summed E-state index contributed by atoms with van der Waals surface area (Å²) in [6, 6.07) is 6.09. The molecule has 27 heavy (non-hydrogen) atoms. The molecule has 6 nitrogen and oxygen atoms in total. The zero-order chi connectivity index (χ0) is 18.8. The van der Waals surface area contributed by atoms with Crippen molar-refractivity contribution in [1.29, 1.82) is 0 Å². The van der Waals surface area contributed by atoms with Gasteiger partial charge in [-0.3, -0.25) is 15.1 Å². The lowest BCUT2D eigenvalue weighted by Crippen LogP contribution is -2.59. The molecule has 4 aliphatic heterocycles. The van der Waals surface area contributed by atoms with Crippen molar-refractivity contribution in [2.75, 3.05) is 32.9 Å². The van der Waals surface area contributed by atoms with Gasteiger partial charge in [-0.2, -0.15) is 0 Å². The monoisotopic (exact) mass is 370 g/mol. The summed E-state index contributed by atoms with van der Waals surface area (Å²) in [6.07, 6.45) is 3.83. The number of carbonyl (C=O) groups is 1. The van der Waals surface area contributed by atoms with E-state index in [9.17, 15) is 4.79 Å². The molecule has 1 saturated carbocycles. The zero-order valence-electron chi connectivity index (χ0n) is 16.0. The minimum atomic E-state index is -0.652. The van der Waals surface area contributed by atoms with Crippen molar-refractivity contribution >= 4 is 11.6 Å². The normalized spacial score (nSPS) is 37.8. The summed E-state index contributed by atoms with van der Waals surface area (Å²) in [7, 11) is 3.22. The van der Waals surface area contributed by atoms with Crippen LogP contribution in [0, 0.1) is 11.8 Å². The van der Waals surface area contributed by atoms with E-state index >= 15 is 0 Å². The molecule has 4 saturated heterocycles. The predicted octanol–water partition coefficient (Wildman–Crippen LogP) is 2.50. The molecule has 1 amide bonds. The van der Waals surface area contributed by atoms with Gasteiger partial charge in [-0.15, -0.1) is 0 Å². The Bertz CT molecular complexity index is 822. The average molecular weight is 370 g/mol. The van der Waals surface area contributed by atoms with E-state index in [2.05, 4.69) is 23.4 Å².